The normalized spacial score (nSPS) is 53.6. The van der Waals surface area contributed by atoms with E-state index in [-0.39, 0.29) is 42.5 Å². The van der Waals surface area contributed by atoms with Crippen LogP contribution in [0.5, 0.6) is 0 Å². The Balaban J connectivity index is 0.000000159. The number of fused-ring (bicyclic) bond motifs is 10. The maximum Gasteiger partial charge on any atom is 0.190 e. The van der Waals surface area contributed by atoms with Gasteiger partial charge in [-0.25, -0.2) is 4.39 Å². The van der Waals surface area contributed by atoms with Crippen molar-refractivity contribution in [2.75, 3.05) is 6.61 Å². The van der Waals surface area contributed by atoms with Gasteiger partial charge in [0.2, 0.25) is 0 Å². The predicted molar refractivity (Wildman–Crippen MR) is 187 cm³/mol. The van der Waals surface area contributed by atoms with Gasteiger partial charge < -0.3 is 20.4 Å². The van der Waals surface area contributed by atoms with Crippen LogP contribution in [-0.4, -0.2) is 67.9 Å². The molecule has 8 rings (SSSR count). The molecule has 4 N–H and O–H groups in total. The zero-order valence-electron chi connectivity index (χ0n) is 31.2. The molecule has 15 atom stereocenters. The number of Topliss-reactive ketones (excluding diaryl/α,β-unsaturated/α-hetero) is 2. The van der Waals surface area contributed by atoms with Gasteiger partial charge in [-0.05, 0) is 150 Å². The van der Waals surface area contributed by atoms with Gasteiger partial charge in [0.25, 0.3) is 0 Å². The van der Waals surface area contributed by atoms with Gasteiger partial charge in [-0.3, -0.25) is 14.4 Å². The Morgan fingerprint density at radius 1 is 0.820 bits per heavy atom. The molecule has 0 aromatic heterocycles. The lowest BCUT2D eigenvalue weighted by molar-refractivity contribution is -0.226. The van der Waals surface area contributed by atoms with Gasteiger partial charge in [0.15, 0.2) is 11.6 Å². The number of allylic oxidation sites excluding steroid dienone is 1. The standard InChI is InChI=1S/C21H29FO5.C21H34O2/c1-18-7-5-13(24)9-12(18)3-4-15-14-6-8-20(27,17(26)11-23)19(14,2)10-16(25)21(15,18)22;1-13(22)17-6-7-18-16-5-4-14-12-15(23)8-10-20(14,2)19(16)9-11-21(17,18)3/h9,14-16,23,25,27H,3-8,10-11H2,1-2H3;14-19,23H,4-12H2,1-3H3/t14-,15-,16-,18-,19-,20-,21-;14-,15-,16+,17-,18+,19+,20+,21-/m01/s1. The van der Waals surface area contributed by atoms with E-state index < -0.39 is 46.5 Å². The highest BCUT2D eigenvalue weighted by Gasteiger charge is 2.74. The van der Waals surface area contributed by atoms with Crippen molar-refractivity contribution in [3.63, 3.8) is 0 Å². The minimum atomic E-state index is -1.88. The molecule has 8 aliphatic rings. The maximum absolute atomic E-state index is 16.8. The van der Waals surface area contributed by atoms with Crippen molar-refractivity contribution < 1.29 is 39.2 Å². The third-order valence-corrected chi connectivity index (χ3v) is 17.9. The fourth-order valence-corrected chi connectivity index (χ4v) is 15.1. The highest BCUT2D eigenvalue weighted by Crippen LogP contribution is 2.71. The summed E-state index contributed by atoms with van der Waals surface area (Å²) in [5, 5.41) is 41.7. The zero-order chi connectivity index (χ0) is 36.2. The Bertz CT molecular complexity index is 1440. The van der Waals surface area contributed by atoms with Gasteiger partial charge in [-0.2, -0.15) is 0 Å². The van der Waals surface area contributed by atoms with Crippen molar-refractivity contribution in [3.8, 4) is 0 Å². The van der Waals surface area contributed by atoms with Crippen LogP contribution < -0.4 is 0 Å². The van der Waals surface area contributed by atoms with Crippen LogP contribution in [0.2, 0.25) is 0 Å². The molecule has 280 valence electrons. The van der Waals surface area contributed by atoms with Gasteiger partial charge >= 0.3 is 0 Å². The fourth-order valence-electron chi connectivity index (χ4n) is 15.1. The number of carbonyl (C=O) groups is 3. The summed E-state index contributed by atoms with van der Waals surface area (Å²) in [5.74, 6) is 2.61. The number of hydrogen-bond acceptors (Lipinski definition) is 7. The lowest BCUT2D eigenvalue weighted by atomic mass is 9.44. The Labute approximate surface area is 298 Å². The lowest BCUT2D eigenvalue weighted by Gasteiger charge is -2.63. The van der Waals surface area contributed by atoms with Crippen LogP contribution >= 0.6 is 0 Å². The summed E-state index contributed by atoms with van der Waals surface area (Å²) >= 11 is 0. The third-order valence-electron chi connectivity index (χ3n) is 17.9. The molecule has 0 amide bonds. The smallest absolute Gasteiger partial charge is 0.190 e. The summed E-state index contributed by atoms with van der Waals surface area (Å²) in [7, 11) is 0. The molecule has 0 radical (unpaired) electrons. The van der Waals surface area contributed by atoms with Crippen molar-refractivity contribution in [2.24, 2.45) is 63.1 Å². The summed E-state index contributed by atoms with van der Waals surface area (Å²) in [4.78, 5) is 36.4. The van der Waals surface area contributed by atoms with Crippen LogP contribution in [0.25, 0.3) is 0 Å². The van der Waals surface area contributed by atoms with Gasteiger partial charge in [0.1, 0.15) is 23.7 Å². The number of hydrogen-bond donors (Lipinski definition) is 4. The molecule has 0 saturated heterocycles. The molecule has 0 aromatic carbocycles. The van der Waals surface area contributed by atoms with E-state index in [0.717, 1.165) is 48.5 Å². The van der Waals surface area contributed by atoms with Crippen molar-refractivity contribution in [2.45, 2.75) is 161 Å². The Kier molecular flexibility index (Phi) is 9.05. The number of rotatable bonds is 3. The molecule has 8 heteroatoms. The maximum atomic E-state index is 16.8. The summed E-state index contributed by atoms with van der Waals surface area (Å²) in [6.45, 7) is 9.63. The van der Waals surface area contributed by atoms with Gasteiger partial charge in [-0.15, -0.1) is 0 Å². The second-order valence-electron chi connectivity index (χ2n) is 19.5. The number of aliphatic hydroxyl groups excluding tert-OH is 3. The highest BCUT2D eigenvalue weighted by molar-refractivity contribution is 5.92. The first-order valence-corrected chi connectivity index (χ1v) is 20.1. The number of carbonyl (C=O) groups excluding carboxylic acids is 3. The summed E-state index contributed by atoms with van der Waals surface area (Å²) in [5.41, 5.74) is -3.94. The lowest BCUT2D eigenvalue weighted by Crippen LogP contribution is -2.69. The topological polar surface area (TPSA) is 132 Å². The quantitative estimate of drug-likeness (QED) is 0.266. The van der Waals surface area contributed by atoms with E-state index >= 15 is 4.39 Å². The van der Waals surface area contributed by atoms with E-state index in [1.165, 1.54) is 38.5 Å². The molecular weight excluding hydrogens is 635 g/mol. The molecule has 7 nitrogen and oxygen atoms in total. The van der Waals surface area contributed by atoms with Crippen LogP contribution in [0.1, 0.15) is 137 Å². The molecule has 0 aliphatic heterocycles. The molecule has 0 aromatic rings. The van der Waals surface area contributed by atoms with Crippen LogP contribution in [0.15, 0.2) is 11.6 Å². The molecule has 0 heterocycles. The Morgan fingerprint density at radius 3 is 2.20 bits per heavy atom. The average Bonchev–Trinajstić information content (AvgIpc) is 3.56. The first-order chi connectivity index (χ1) is 23.4. The SMILES string of the molecule is CC(=O)[C@H]1CC[C@H]2[C@@H]3CC[C@@H]4C[C@H](O)CC[C@]4(C)[C@H]3CC[C@]12C.C[C@]12CCC(=O)C=C1CC[C@H]1[C@@H]3CC[C@](O)(C(=O)CO)[C@@]3(C)C[C@H](O)[C@@]12F. The van der Waals surface area contributed by atoms with Crippen LogP contribution in [0.3, 0.4) is 0 Å². The minimum absolute atomic E-state index is 0.0171. The van der Waals surface area contributed by atoms with E-state index in [2.05, 4.69) is 13.8 Å². The molecule has 50 heavy (non-hydrogen) atoms. The first kappa shape index (κ1) is 36.9. The number of ketones is 3. The zero-order valence-corrected chi connectivity index (χ0v) is 31.2. The van der Waals surface area contributed by atoms with Crippen molar-refractivity contribution in [1.82, 2.24) is 0 Å². The monoisotopic (exact) mass is 698 g/mol. The molecule has 8 aliphatic carbocycles. The van der Waals surface area contributed by atoms with Gasteiger partial charge in [0, 0.05) is 29.1 Å². The molecule has 7 fully saturated rings. The summed E-state index contributed by atoms with van der Waals surface area (Å²) < 4.78 is 16.8. The van der Waals surface area contributed by atoms with E-state index in [1.807, 2.05) is 13.8 Å². The molecule has 0 unspecified atom stereocenters. The Hall–Kier alpha value is -1.48. The Morgan fingerprint density at radius 2 is 1.50 bits per heavy atom. The van der Waals surface area contributed by atoms with Crippen molar-refractivity contribution in [1.29, 1.82) is 0 Å². The van der Waals surface area contributed by atoms with Crippen LogP contribution in [0, 0.1) is 63.1 Å². The highest BCUT2D eigenvalue weighted by atomic mass is 19.1. The second-order valence-corrected chi connectivity index (χ2v) is 19.5. The second kappa shape index (κ2) is 12.3. The first-order valence-electron chi connectivity index (χ1n) is 20.1. The predicted octanol–water partition coefficient (Wildman–Crippen LogP) is 6.47. The fraction of sp³-hybridized carbons (Fsp3) is 0.881. The third kappa shape index (κ3) is 4.88. The molecule has 0 bridgehead atoms. The number of halogens is 1. The minimum Gasteiger partial charge on any atom is -0.393 e. The molecule has 7 saturated carbocycles. The van der Waals surface area contributed by atoms with Crippen molar-refractivity contribution >= 4 is 17.3 Å². The van der Waals surface area contributed by atoms with Gasteiger partial charge in [-0.1, -0.05) is 33.3 Å². The van der Waals surface area contributed by atoms with Crippen LogP contribution in [0.4, 0.5) is 4.39 Å². The number of aliphatic hydroxyl groups is 4. The number of alkyl halides is 1. The molecule has 0 spiro atoms. The van der Waals surface area contributed by atoms with Crippen LogP contribution in [-0.2, 0) is 14.4 Å². The van der Waals surface area contributed by atoms with E-state index in [9.17, 15) is 34.8 Å². The largest absolute Gasteiger partial charge is 0.393 e. The van der Waals surface area contributed by atoms with Crippen molar-refractivity contribution in [3.05, 3.63) is 11.6 Å². The summed E-state index contributed by atoms with van der Waals surface area (Å²) in [6, 6.07) is 0. The average molecular weight is 699 g/mol. The molecular formula is C42H63FO7. The van der Waals surface area contributed by atoms with E-state index in [0.29, 0.717) is 42.8 Å². The van der Waals surface area contributed by atoms with Gasteiger partial charge in [0.05, 0.1) is 12.2 Å². The van der Waals surface area contributed by atoms with E-state index in [4.69, 9.17) is 0 Å². The van der Waals surface area contributed by atoms with E-state index in [1.54, 1.807) is 13.0 Å². The summed E-state index contributed by atoms with van der Waals surface area (Å²) in [6.07, 6.45) is 13.5.